The third-order valence-electron chi connectivity index (χ3n) is 2.21. The van der Waals surface area contributed by atoms with Crippen molar-refractivity contribution in [3.63, 3.8) is 0 Å². The molecule has 2 N–H and O–H groups in total. The fourth-order valence-corrected chi connectivity index (χ4v) is 1.26. The van der Waals surface area contributed by atoms with Gasteiger partial charge in [-0.05, 0) is 30.5 Å². The standard InChI is InChI=1S/C10H14FN.ClH/c1-7-4-3-5-9(8(7)2)10(12)6-11;/h3-5,10H,6,12H2,1-2H3;1H/t10-;/m1./s1. The zero-order chi connectivity index (χ0) is 9.14. The highest BCUT2D eigenvalue weighted by molar-refractivity contribution is 5.85. The van der Waals surface area contributed by atoms with E-state index >= 15 is 0 Å². The molecule has 0 radical (unpaired) electrons. The first-order chi connectivity index (χ1) is 5.66. The first-order valence-corrected chi connectivity index (χ1v) is 4.04. The van der Waals surface area contributed by atoms with Crippen LogP contribution >= 0.6 is 12.4 Å². The molecule has 0 heterocycles. The van der Waals surface area contributed by atoms with Crippen molar-refractivity contribution in [2.45, 2.75) is 19.9 Å². The molecule has 1 aromatic carbocycles. The van der Waals surface area contributed by atoms with Crippen LogP contribution < -0.4 is 5.73 Å². The van der Waals surface area contributed by atoms with Gasteiger partial charge in [-0.3, -0.25) is 0 Å². The Balaban J connectivity index is 0.00000144. The van der Waals surface area contributed by atoms with Crippen molar-refractivity contribution in [1.82, 2.24) is 0 Å². The summed E-state index contributed by atoms with van der Waals surface area (Å²) in [6, 6.07) is 5.33. The second kappa shape index (κ2) is 5.20. The average molecular weight is 204 g/mol. The predicted molar refractivity (Wildman–Crippen MR) is 56.1 cm³/mol. The number of hydrogen-bond donors (Lipinski definition) is 1. The number of alkyl halides is 1. The number of halogens is 2. The maximum atomic E-state index is 12.3. The smallest absolute Gasteiger partial charge is 0.109 e. The van der Waals surface area contributed by atoms with Gasteiger partial charge in [0.1, 0.15) is 6.67 Å². The van der Waals surface area contributed by atoms with Gasteiger partial charge >= 0.3 is 0 Å². The molecule has 74 valence electrons. The molecule has 0 aliphatic carbocycles. The number of nitrogens with two attached hydrogens (primary N) is 1. The van der Waals surface area contributed by atoms with Crippen LogP contribution in [-0.4, -0.2) is 6.67 Å². The second-order valence-electron chi connectivity index (χ2n) is 3.05. The highest BCUT2D eigenvalue weighted by atomic mass is 35.5. The molecule has 0 aliphatic rings. The summed E-state index contributed by atoms with van der Waals surface area (Å²) in [7, 11) is 0. The minimum atomic E-state index is -0.496. The van der Waals surface area contributed by atoms with E-state index in [2.05, 4.69) is 0 Å². The number of rotatable bonds is 2. The zero-order valence-corrected chi connectivity index (χ0v) is 8.70. The Morgan fingerprint density at radius 1 is 1.38 bits per heavy atom. The van der Waals surface area contributed by atoms with E-state index in [9.17, 15) is 4.39 Å². The van der Waals surface area contributed by atoms with Gasteiger partial charge in [0.2, 0.25) is 0 Å². The maximum Gasteiger partial charge on any atom is 0.109 e. The molecule has 0 unspecified atom stereocenters. The average Bonchev–Trinajstić information content (AvgIpc) is 2.08. The summed E-state index contributed by atoms with van der Waals surface area (Å²) < 4.78 is 12.3. The van der Waals surface area contributed by atoms with Crippen LogP contribution in [0.4, 0.5) is 4.39 Å². The fraction of sp³-hybridized carbons (Fsp3) is 0.400. The van der Waals surface area contributed by atoms with E-state index in [1.165, 1.54) is 0 Å². The van der Waals surface area contributed by atoms with Crippen molar-refractivity contribution in [1.29, 1.82) is 0 Å². The van der Waals surface area contributed by atoms with Crippen molar-refractivity contribution in [3.8, 4) is 0 Å². The maximum absolute atomic E-state index is 12.3. The van der Waals surface area contributed by atoms with E-state index in [1.54, 1.807) is 0 Å². The molecule has 0 bridgehead atoms. The summed E-state index contributed by atoms with van der Waals surface area (Å²) in [4.78, 5) is 0. The molecule has 0 spiro atoms. The van der Waals surface area contributed by atoms with Gasteiger partial charge in [-0.2, -0.15) is 0 Å². The van der Waals surface area contributed by atoms with Crippen LogP contribution in [0, 0.1) is 13.8 Å². The van der Waals surface area contributed by atoms with Crippen LogP contribution in [0.25, 0.3) is 0 Å². The fourth-order valence-electron chi connectivity index (χ4n) is 1.26. The van der Waals surface area contributed by atoms with Gasteiger partial charge < -0.3 is 5.73 Å². The molecule has 0 aromatic heterocycles. The van der Waals surface area contributed by atoms with Gasteiger partial charge in [-0.15, -0.1) is 12.4 Å². The zero-order valence-electron chi connectivity index (χ0n) is 7.88. The summed E-state index contributed by atoms with van der Waals surface area (Å²) in [6.07, 6.45) is 0. The normalized spacial score (nSPS) is 12.0. The van der Waals surface area contributed by atoms with E-state index in [1.807, 2.05) is 32.0 Å². The summed E-state index contributed by atoms with van der Waals surface area (Å²) in [5.74, 6) is 0. The summed E-state index contributed by atoms with van der Waals surface area (Å²) >= 11 is 0. The Morgan fingerprint density at radius 3 is 2.54 bits per heavy atom. The van der Waals surface area contributed by atoms with Crippen LogP contribution in [0.5, 0.6) is 0 Å². The van der Waals surface area contributed by atoms with E-state index < -0.39 is 12.7 Å². The van der Waals surface area contributed by atoms with Crippen LogP contribution in [0.1, 0.15) is 22.7 Å². The van der Waals surface area contributed by atoms with Crippen LogP contribution in [-0.2, 0) is 0 Å². The quantitative estimate of drug-likeness (QED) is 0.786. The lowest BCUT2D eigenvalue weighted by molar-refractivity contribution is 0.436. The monoisotopic (exact) mass is 203 g/mol. The Morgan fingerprint density at radius 2 is 2.00 bits per heavy atom. The Bertz CT molecular complexity index is 276. The molecule has 13 heavy (non-hydrogen) atoms. The van der Waals surface area contributed by atoms with Crippen molar-refractivity contribution >= 4 is 12.4 Å². The second-order valence-corrected chi connectivity index (χ2v) is 3.05. The minimum absolute atomic E-state index is 0. The van der Waals surface area contributed by atoms with Crippen molar-refractivity contribution in [2.24, 2.45) is 5.73 Å². The molecule has 0 saturated carbocycles. The van der Waals surface area contributed by atoms with Crippen molar-refractivity contribution in [2.75, 3.05) is 6.67 Å². The molecular formula is C10H15ClFN. The van der Waals surface area contributed by atoms with Gasteiger partial charge in [-0.1, -0.05) is 18.2 Å². The molecule has 1 rings (SSSR count). The SMILES string of the molecule is Cc1cccc([C@H](N)CF)c1C.Cl. The first-order valence-electron chi connectivity index (χ1n) is 4.04. The van der Waals surface area contributed by atoms with Crippen molar-refractivity contribution in [3.05, 3.63) is 34.9 Å². The minimum Gasteiger partial charge on any atom is -0.322 e. The van der Waals surface area contributed by atoms with E-state index in [0.717, 1.165) is 16.7 Å². The first kappa shape index (κ1) is 12.4. The summed E-state index contributed by atoms with van der Waals surface area (Å²) in [5, 5.41) is 0. The third-order valence-corrected chi connectivity index (χ3v) is 2.21. The van der Waals surface area contributed by atoms with Gasteiger partial charge in [0.25, 0.3) is 0 Å². The molecule has 1 aromatic rings. The number of benzene rings is 1. The molecule has 1 atom stereocenters. The van der Waals surface area contributed by atoms with Crippen molar-refractivity contribution < 1.29 is 4.39 Å². The molecule has 3 heteroatoms. The molecular weight excluding hydrogens is 189 g/mol. The van der Waals surface area contributed by atoms with Crippen LogP contribution in [0.15, 0.2) is 18.2 Å². The molecule has 0 saturated heterocycles. The van der Waals surface area contributed by atoms with E-state index in [-0.39, 0.29) is 12.4 Å². The Labute approximate surface area is 84.5 Å². The third kappa shape index (κ3) is 2.68. The highest BCUT2D eigenvalue weighted by Crippen LogP contribution is 2.18. The van der Waals surface area contributed by atoms with Crippen LogP contribution in [0.3, 0.4) is 0 Å². The van der Waals surface area contributed by atoms with Gasteiger partial charge in [0, 0.05) is 0 Å². The lowest BCUT2D eigenvalue weighted by Crippen LogP contribution is -2.13. The van der Waals surface area contributed by atoms with E-state index in [4.69, 9.17) is 5.73 Å². The molecule has 0 amide bonds. The van der Waals surface area contributed by atoms with Crippen LogP contribution in [0.2, 0.25) is 0 Å². The summed E-state index contributed by atoms with van der Waals surface area (Å²) in [6.45, 7) is 3.48. The number of aryl methyl sites for hydroxylation is 1. The van der Waals surface area contributed by atoms with Gasteiger partial charge in [-0.25, -0.2) is 4.39 Å². The topological polar surface area (TPSA) is 26.0 Å². The molecule has 1 nitrogen and oxygen atoms in total. The predicted octanol–water partition coefficient (Wildman–Crippen LogP) is 2.69. The van der Waals surface area contributed by atoms with Gasteiger partial charge in [0.15, 0.2) is 0 Å². The lowest BCUT2D eigenvalue weighted by atomic mass is 9.99. The molecule has 0 aliphatic heterocycles. The summed E-state index contributed by atoms with van der Waals surface area (Å²) in [5.41, 5.74) is 8.77. The van der Waals surface area contributed by atoms with Gasteiger partial charge in [0.05, 0.1) is 6.04 Å². The lowest BCUT2D eigenvalue weighted by Gasteiger charge is -2.12. The highest BCUT2D eigenvalue weighted by Gasteiger charge is 2.08. The Kier molecular flexibility index (Phi) is 4.96. The number of hydrogen-bond acceptors (Lipinski definition) is 1. The largest absolute Gasteiger partial charge is 0.322 e. The molecule has 0 fully saturated rings. The van der Waals surface area contributed by atoms with E-state index in [0.29, 0.717) is 0 Å². The Hall–Kier alpha value is -0.600.